The van der Waals surface area contributed by atoms with E-state index in [0.29, 0.717) is 0 Å². The van der Waals surface area contributed by atoms with Gasteiger partial charge in [-0.2, -0.15) is 0 Å². The lowest BCUT2D eigenvalue weighted by atomic mass is 9.79. The van der Waals surface area contributed by atoms with Crippen LogP contribution in [-0.4, -0.2) is 0 Å². The van der Waals surface area contributed by atoms with E-state index in [1.54, 1.807) is 0 Å². The first-order valence-corrected chi connectivity index (χ1v) is 18.7. The van der Waals surface area contributed by atoms with Gasteiger partial charge in [-0.1, -0.05) is 123 Å². The number of nitrogens with zero attached hydrogens (tertiary/aromatic N) is 1. The van der Waals surface area contributed by atoms with Crippen molar-refractivity contribution in [2.75, 3.05) is 4.90 Å². The van der Waals surface area contributed by atoms with Crippen LogP contribution >= 0.6 is 11.3 Å². The molecule has 0 aliphatic heterocycles. The molecule has 2 nitrogen and oxygen atoms in total. The second-order valence-electron chi connectivity index (χ2n) is 14.5. The van der Waals surface area contributed by atoms with Gasteiger partial charge in [0, 0.05) is 58.8 Å². The summed E-state index contributed by atoms with van der Waals surface area (Å²) in [5.41, 5.74) is 13.3. The van der Waals surface area contributed by atoms with Crippen LogP contribution in [0.2, 0.25) is 0 Å². The molecule has 11 rings (SSSR count). The van der Waals surface area contributed by atoms with Crippen molar-refractivity contribution in [1.82, 2.24) is 0 Å². The maximum atomic E-state index is 6.76. The van der Waals surface area contributed by atoms with Crippen LogP contribution < -0.4 is 4.90 Å². The van der Waals surface area contributed by atoms with Crippen molar-refractivity contribution in [3.8, 4) is 22.3 Å². The Morgan fingerprint density at radius 1 is 0.481 bits per heavy atom. The number of anilines is 3. The molecule has 10 aromatic rings. The Morgan fingerprint density at radius 2 is 1.15 bits per heavy atom. The molecule has 1 aliphatic carbocycles. The molecule has 0 saturated carbocycles. The molecule has 0 fully saturated rings. The highest BCUT2D eigenvalue weighted by Crippen LogP contribution is 2.52. The minimum absolute atomic E-state index is 0.0708. The summed E-state index contributed by atoms with van der Waals surface area (Å²) in [6.45, 7) is 4.72. The maximum Gasteiger partial charge on any atom is 0.144 e. The molecule has 0 amide bonds. The number of para-hydroxylation sites is 1. The van der Waals surface area contributed by atoms with E-state index in [1.165, 1.54) is 69.7 Å². The zero-order valence-corrected chi connectivity index (χ0v) is 29.7. The normalized spacial score (nSPS) is 13.3. The Kier molecular flexibility index (Phi) is 6.21. The van der Waals surface area contributed by atoms with E-state index in [4.69, 9.17) is 4.42 Å². The van der Waals surface area contributed by atoms with E-state index in [0.717, 1.165) is 33.6 Å². The molecule has 2 heterocycles. The summed E-state index contributed by atoms with van der Waals surface area (Å²) in [5, 5.41) is 7.10. The fourth-order valence-electron chi connectivity index (χ4n) is 8.85. The lowest BCUT2D eigenvalue weighted by Crippen LogP contribution is -2.16. The van der Waals surface area contributed by atoms with Gasteiger partial charge in [0.2, 0.25) is 0 Å². The van der Waals surface area contributed by atoms with Gasteiger partial charge < -0.3 is 9.32 Å². The van der Waals surface area contributed by atoms with Crippen LogP contribution in [-0.2, 0) is 5.41 Å². The quantitative estimate of drug-likeness (QED) is 0.184. The average Bonchev–Trinajstić information content (AvgIpc) is 3.83. The van der Waals surface area contributed by atoms with Crippen LogP contribution in [0.25, 0.3) is 75.1 Å². The fraction of sp³-hybridized carbons (Fsp3) is 0.0612. The molecule has 0 bridgehead atoms. The number of hydrogen-bond acceptors (Lipinski definition) is 3. The van der Waals surface area contributed by atoms with Gasteiger partial charge in [0.15, 0.2) is 0 Å². The summed E-state index contributed by atoms with van der Waals surface area (Å²) in [6.07, 6.45) is 0. The summed E-state index contributed by atoms with van der Waals surface area (Å²) in [6, 6.07) is 59.7. The number of thiophene rings is 1. The molecule has 8 aromatic carbocycles. The standard InChI is InChI=1S/C49H33NOS/c1-49(2)42-18-9-8-15-37(42)38-17-10-16-35(46(38)49)31-19-22-33(23-20-31)50(32-12-4-3-5-13-32)34-24-26-41-44(29-34)52-43-28-27-40-39-25-21-30-11-6-7-14-36(30)47(39)51-48(40)45(41)43/h3-29H,1-2H3. The lowest BCUT2D eigenvalue weighted by molar-refractivity contribution is 0.662. The first-order chi connectivity index (χ1) is 25.5. The second-order valence-corrected chi connectivity index (χ2v) is 15.6. The first kappa shape index (κ1) is 29.6. The summed E-state index contributed by atoms with van der Waals surface area (Å²) in [5.74, 6) is 0. The Hall–Kier alpha value is -6.16. The van der Waals surface area contributed by atoms with Gasteiger partial charge in [0.25, 0.3) is 0 Å². The molecule has 0 saturated heterocycles. The molecule has 0 spiro atoms. The number of fused-ring (bicyclic) bond motifs is 12. The Bertz CT molecular complexity index is 3040. The van der Waals surface area contributed by atoms with Gasteiger partial charge in [-0.15, -0.1) is 11.3 Å². The minimum Gasteiger partial charge on any atom is -0.455 e. The van der Waals surface area contributed by atoms with Gasteiger partial charge >= 0.3 is 0 Å². The molecule has 0 unspecified atom stereocenters. The third-order valence-electron chi connectivity index (χ3n) is 11.2. The van der Waals surface area contributed by atoms with Crippen molar-refractivity contribution in [3.63, 3.8) is 0 Å². The molecular formula is C49H33NOS. The topological polar surface area (TPSA) is 16.4 Å². The van der Waals surface area contributed by atoms with Gasteiger partial charge in [0.1, 0.15) is 11.2 Å². The zero-order chi connectivity index (χ0) is 34.6. The van der Waals surface area contributed by atoms with Crippen molar-refractivity contribution >= 4 is 81.3 Å². The van der Waals surface area contributed by atoms with Crippen LogP contribution in [0.15, 0.2) is 168 Å². The molecular weight excluding hydrogens is 651 g/mol. The molecule has 0 N–H and O–H groups in total. The number of rotatable bonds is 4. The van der Waals surface area contributed by atoms with Gasteiger partial charge in [-0.25, -0.2) is 0 Å². The summed E-state index contributed by atoms with van der Waals surface area (Å²) in [4.78, 5) is 2.37. The highest BCUT2D eigenvalue weighted by atomic mass is 32.1. The van der Waals surface area contributed by atoms with E-state index >= 15 is 0 Å². The third kappa shape index (κ3) is 4.17. The number of furan rings is 1. The molecule has 0 atom stereocenters. The molecule has 52 heavy (non-hydrogen) atoms. The Balaban J connectivity index is 1.04. The first-order valence-electron chi connectivity index (χ1n) is 17.9. The molecule has 0 radical (unpaired) electrons. The fourth-order valence-corrected chi connectivity index (χ4v) is 9.99. The summed E-state index contributed by atoms with van der Waals surface area (Å²) >= 11 is 1.83. The van der Waals surface area contributed by atoms with Crippen molar-refractivity contribution in [2.45, 2.75) is 19.3 Å². The van der Waals surface area contributed by atoms with E-state index < -0.39 is 0 Å². The van der Waals surface area contributed by atoms with Crippen molar-refractivity contribution < 1.29 is 4.42 Å². The van der Waals surface area contributed by atoms with Crippen LogP contribution in [0.3, 0.4) is 0 Å². The van der Waals surface area contributed by atoms with E-state index in [-0.39, 0.29) is 5.41 Å². The van der Waals surface area contributed by atoms with Gasteiger partial charge in [0.05, 0.1) is 0 Å². The van der Waals surface area contributed by atoms with E-state index in [2.05, 4.69) is 183 Å². The van der Waals surface area contributed by atoms with Crippen LogP contribution in [0.1, 0.15) is 25.0 Å². The molecule has 3 heteroatoms. The Labute approximate surface area is 305 Å². The molecule has 246 valence electrons. The van der Waals surface area contributed by atoms with Crippen LogP contribution in [0, 0.1) is 0 Å². The van der Waals surface area contributed by atoms with Crippen molar-refractivity contribution in [1.29, 1.82) is 0 Å². The number of benzene rings is 8. The third-order valence-corrected chi connectivity index (χ3v) is 12.4. The Morgan fingerprint density at radius 3 is 2.04 bits per heavy atom. The smallest absolute Gasteiger partial charge is 0.144 e. The highest BCUT2D eigenvalue weighted by Gasteiger charge is 2.37. The maximum absolute atomic E-state index is 6.76. The van der Waals surface area contributed by atoms with E-state index in [9.17, 15) is 0 Å². The van der Waals surface area contributed by atoms with E-state index in [1.807, 2.05) is 11.3 Å². The van der Waals surface area contributed by atoms with Crippen LogP contribution in [0.5, 0.6) is 0 Å². The lowest BCUT2D eigenvalue weighted by Gasteiger charge is -2.27. The molecule has 2 aromatic heterocycles. The van der Waals surface area contributed by atoms with Crippen LogP contribution in [0.4, 0.5) is 17.1 Å². The van der Waals surface area contributed by atoms with Crippen molar-refractivity contribution in [3.05, 3.63) is 175 Å². The minimum atomic E-state index is -0.0708. The molecule has 1 aliphatic rings. The largest absolute Gasteiger partial charge is 0.455 e. The highest BCUT2D eigenvalue weighted by molar-refractivity contribution is 7.26. The van der Waals surface area contributed by atoms with Crippen molar-refractivity contribution in [2.24, 2.45) is 0 Å². The number of hydrogen-bond donors (Lipinski definition) is 0. The van der Waals surface area contributed by atoms with Gasteiger partial charge in [-0.3, -0.25) is 0 Å². The second kappa shape index (κ2) is 10.9. The predicted molar refractivity (Wildman–Crippen MR) is 222 cm³/mol. The predicted octanol–water partition coefficient (Wildman–Crippen LogP) is 14.6. The SMILES string of the molecule is CC1(C)c2ccccc2-c2cccc(-c3ccc(N(c4ccccc4)c4ccc5c(c4)sc4ccc6c7ccc8ccccc8c7oc6c45)cc3)c21. The summed E-state index contributed by atoms with van der Waals surface area (Å²) in [7, 11) is 0. The zero-order valence-electron chi connectivity index (χ0n) is 28.9. The van der Waals surface area contributed by atoms with Gasteiger partial charge in [-0.05, 0) is 93.4 Å². The average molecular weight is 684 g/mol. The summed E-state index contributed by atoms with van der Waals surface area (Å²) < 4.78 is 9.24. The monoisotopic (exact) mass is 683 g/mol.